The lowest BCUT2D eigenvalue weighted by Crippen LogP contribution is -2.34. The van der Waals surface area contributed by atoms with Crippen LogP contribution in [0, 0.1) is 0 Å². The Kier molecular flexibility index (Phi) is 8.94. The lowest BCUT2D eigenvalue weighted by atomic mass is 10.2. The predicted octanol–water partition coefficient (Wildman–Crippen LogP) is 2.21. The molecule has 5 nitrogen and oxygen atoms in total. The number of carbonyl (C=O) groups is 1. The van der Waals surface area contributed by atoms with Gasteiger partial charge in [-0.25, -0.2) is 4.79 Å². The maximum absolute atomic E-state index is 10.2. The van der Waals surface area contributed by atoms with E-state index in [-0.39, 0.29) is 6.10 Å². The fourth-order valence-electron chi connectivity index (χ4n) is 1.26. The van der Waals surface area contributed by atoms with Crippen molar-refractivity contribution in [1.29, 1.82) is 0 Å². The number of nitrogens with one attached hydrogen (secondary N) is 1. The number of hydrogen-bond acceptors (Lipinski definition) is 3. The number of unbranched alkanes of at least 4 members (excludes halogenated alkanes) is 1. The fourth-order valence-corrected chi connectivity index (χ4v) is 1.26. The van der Waals surface area contributed by atoms with E-state index in [0.717, 1.165) is 6.42 Å². The van der Waals surface area contributed by atoms with Gasteiger partial charge in [0.2, 0.25) is 0 Å². The summed E-state index contributed by atoms with van der Waals surface area (Å²) in [4.78, 5) is 10.2. The summed E-state index contributed by atoms with van der Waals surface area (Å²) in [5.41, 5.74) is 0. The summed E-state index contributed by atoms with van der Waals surface area (Å²) in [6, 6.07) is 0. The van der Waals surface area contributed by atoms with Crippen LogP contribution in [-0.4, -0.2) is 36.7 Å². The molecule has 0 aromatic rings. The molecule has 0 rings (SSSR count). The van der Waals surface area contributed by atoms with Crippen LogP contribution in [0.1, 0.15) is 40.0 Å². The summed E-state index contributed by atoms with van der Waals surface area (Å²) in [7, 11) is 0. The Labute approximate surface area is 97.1 Å². The van der Waals surface area contributed by atoms with Crippen LogP contribution in [0.4, 0.5) is 4.79 Å². The lowest BCUT2D eigenvalue weighted by Gasteiger charge is -2.15. The minimum absolute atomic E-state index is 0.242. The second-order valence-corrected chi connectivity index (χ2v) is 3.79. The standard InChI is InChI=1S/C11H23NO4/c1-4-5-6-9(2)15-7-8-16-10(3)12-11(13)14/h9-10,12H,4-8H2,1-3H3,(H,13,14). The van der Waals surface area contributed by atoms with Crippen molar-refractivity contribution in [2.24, 2.45) is 0 Å². The zero-order valence-corrected chi connectivity index (χ0v) is 10.4. The van der Waals surface area contributed by atoms with Crippen molar-refractivity contribution in [3.63, 3.8) is 0 Å². The molecule has 0 aromatic carbocycles. The number of rotatable bonds is 9. The van der Waals surface area contributed by atoms with Gasteiger partial charge in [0.15, 0.2) is 0 Å². The molecule has 0 aliphatic carbocycles. The van der Waals surface area contributed by atoms with Gasteiger partial charge in [-0.2, -0.15) is 0 Å². The average molecular weight is 233 g/mol. The van der Waals surface area contributed by atoms with Crippen LogP contribution >= 0.6 is 0 Å². The molecule has 0 spiro atoms. The van der Waals surface area contributed by atoms with Gasteiger partial charge in [0, 0.05) is 0 Å². The van der Waals surface area contributed by atoms with E-state index in [9.17, 15) is 4.79 Å². The van der Waals surface area contributed by atoms with Gasteiger partial charge in [-0.1, -0.05) is 19.8 Å². The second-order valence-electron chi connectivity index (χ2n) is 3.79. The summed E-state index contributed by atoms with van der Waals surface area (Å²) in [6.07, 6.45) is 2.06. The minimum atomic E-state index is -1.08. The van der Waals surface area contributed by atoms with Gasteiger partial charge in [-0.15, -0.1) is 0 Å². The quantitative estimate of drug-likeness (QED) is 0.473. The van der Waals surface area contributed by atoms with Crippen molar-refractivity contribution in [2.45, 2.75) is 52.4 Å². The molecule has 0 heterocycles. The van der Waals surface area contributed by atoms with Crippen molar-refractivity contribution in [3.8, 4) is 0 Å². The Bertz CT molecular complexity index is 187. The van der Waals surface area contributed by atoms with Gasteiger partial charge in [0.1, 0.15) is 6.23 Å². The molecule has 0 fully saturated rings. The first-order valence-electron chi connectivity index (χ1n) is 5.79. The highest BCUT2D eigenvalue weighted by atomic mass is 16.5. The SMILES string of the molecule is CCCCC(C)OCCOC(C)NC(=O)O. The Balaban J connectivity index is 3.34. The third-order valence-electron chi connectivity index (χ3n) is 2.14. The van der Waals surface area contributed by atoms with E-state index in [4.69, 9.17) is 14.6 Å². The van der Waals surface area contributed by atoms with Crippen LogP contribution in [0.2, 0.25) is 0 Å². The summed E-state index contributed by atoms with van der Waals surface area (Å²) < 4.78 is 10.7. The van der Waals surface area contributed by atoms with Crippen molar-refractivity contribution in [2.75, 3.05) is 13.2 Å². The predicted molar refractivity (Wildman–Crippen MR) is 61.5 cm³/mol. The maximum atomic E-state index is 10.2. The molecule has 0 saturated carbocycles. The molecule has 0 radical (unpaired) electrons. The number of hydrogen-bond donors (Lipinski definition) is 2. The van der Waals surface area contributed by atoms with Crippen LogP contribution in [-0.2, 0) is 9.47 Å². The third-order valence-corrected chi connectivity index (χ3v) is 2.14. The molecule has 5 heteroatoms. The van der Waals surface area contributed by atoms with E-state index in [2.05, 4.69) is 12.2 Å². The molecule has 16 heavy (non-hydrogen) atoms. The molecular weight excluding hydrogens is 210 g/mol. The molecular formula is C11H23NO4. The van der Waals surface area contributed by atoms with Crippen LogP contribution in [0.5, 0.6) is 0 Å². The smallest absolute Gasteiger partial charge is 0.406 e. The monoisotopic (exact) mass is 233 g/mol. The van der Waals surface area contributed by atoms with Crippen LogP contribution in [0.15, 0.2) is 0 Å². The van der Waals surface area contributed by atoms with E-state index in [1.165, 1.54) is 12.8 Å². The summed E-state index contributed by atoms with van der Waals surface area (Å²) in [5, 5.41) is 10.6. The summed E-state index contributed by atoms with van der Waals surface area (Å²) in [5.74, 6) is 0. The summed E-state index contributed by atoms with van der Waals surface area (Å²) >= 11 is 0. The first-order valence-corrected chi connectivity index (χ1v) is 5.79. The van der Waals surface area contributed by atoms with Gasteiger partial charge in [-0.05, 0) is 20.3 Å². The van der Waals surface area contributed by atoms with Gasteiger partial charge < -0.3 is 14.6 Å². The maximum Gasteiger partial charge on any atom is 0.406 e. The number of ether oxygens (including phenoxy) is 2. The number of carboxylic acid groups (broad SMARTS) is 1. The summed E-state index contributed by atoms with van der Waals surface area (Å²) in [6.45, 7) is 6.73. The van der Waals surface area contributed by atoms with Gasteiger partial charge >= 0.3 is 6.09 Å². The molecule has 0 aromatic heterocycles. The van der Waals surface area contributed by atoms with E-state index >= 15 is 0 Å². The average Bonchev–Trinajstić information content (AvgIpc) is 2.20. The van der Waals surface area contributed by atoms with E-state index < -0.39 is 12.3 Å². The largest absolute Gasteiger partial charge is 0.465 e. The lowest BCUT2D eigenvalue weighted by molar-refractivity contribution is -0.0220. The Morgan fingerprint density at radius 3 is 2.50 bits per heavy atom. The van der Waals surface area contributed by atoms with Crippen LogP contribution in [0.3, 0.4) is 0 Å². The van der Waals surface area contributed by atoms with Gasteiger partial charge in [0.05, 0.1) is 19.3 Å². The van der Waals surface area contributed by atoms with E-state index in [1.54, 1.807) is 6.92 Å². The Hall–Kier alpha value is -0.810. The highest BCUT2D eigenvalue weighted by molar-refractivity contribution is 5.64. The van der Waals surface area contributed by atoms with Gasteiger partial charge in [0.25, 0.3) is 0 Å². The topological polar surface area (TPSA) is 67.8 Å². The molecule has 1 amide bonds. The number of amides is 1. The van der Waals surface area contributed by atoms with E-state index in [1.807, 2.05) is 6.92 Å². The molecule has 0 bridgehead atoms. The molecule has 96 valence electrons. The molecule has 0 saturated heterocycles. The van der Waals surface area contributed by atoms with Crippen LogP contribution < -0.4 is 5.32 Å². The first-order chi connectivity index (χ1) is 7.56. The normalized spacial score (nSPS) is 14.4. The zero-order chi connectivity index (χ0) is 12.4. The molecule has 0 aliphatic rings. The highest BCUT2D eigenvalue weighted by Gasteiger charge is 2.05. The molecule has 2 atom stereocenters. The zero-order valence-electron chi connectivity index (χ0n) is 10.4. The van der Waals surface area contributed by atoms with Crippen LogP contribution in [0.25, 0.3) is 0 Å². The molecule has 2 unspecified atom stereocenters. The van der Waals surface area contributed by atoms with E-state index in [0.29, 0.717) is 13.2 Å². The van der Waals surface area contributed by atoms with Crippen molar-refractivity contribution in [3.05, 3.63) is 0 Å². The van der Waals surface area contributed by atoms with Crippen molar-refractivity contribution >= 4 is 6.09 Å². The Morgan fingerprint density at radius 2 is 1.94 bits per heavy atom. The molecule has 2 N–H and O–H groups in total. The minimum Gasteiger partial charge on any atom is -0.465 e. The fraction of sp³-hybridized carbons (Fsp3) is 0.909. The second kappa shape index (κ2) is 9.42. The van der Waals surface area contributed by atoms with Crippen molar-refractivity contribution < 1.29 is 19.4 Å². The third kappa shape index (κ3) is 9.73. The first kappa shape index (κ1) is 15.2. The Morgan fingerprint density at radius 1 is 1.31 bits per heavy atom. The van der Waals surface area contributed by atoms with Gasteiger partial charge in [-0.3, -0.25) is 5.32 Å². The molecule has 0 aliphatic heterocycles. The highest BCUT2D eigenvalue weighted by Crippen LogP contribution is 2.03. The van der Waals surface area contributed by atoms with Crippen molar-refractivity contribution in [1.82, 2.24) is 5.32 Å².